The van der Waals surface area contributed by atoms with Gasteiger partial charge < -0.3 is 20.2 Å². The average molecular weight is 478 g/mol. The molecule has 0 aliphatic rings. The van der Waals surface area contributed by atoms with Crippen LogP contribution in [0.1, 0.15) is 15.4 Å². The van der Waals surface area contributed by atoms with E-state index in [4.69, 9.17) is 14.9 Å². The molecule has 3 heterocycles. The molecule has 9 nitrogen and oxygen atoms in total. The molecular formula is C20H13F3N4O5S. The molecule has 0 saturated carbocycles. The Labute approximate surface area is 186 Å². The molecule has 0 fully saturated rings. The molecule has 0 bridgehead atoms. The topological polar surface area (TPSA) is 134 Å². The smallest absolute Gasteiger partial charge is 0.433 e. The van der Waals surface area contributed by atoms with Gasteiger partial charge in [-0.15, -0.1) is 11.3 Å². The zero-order valence-electron chi connectivity index (χ0n) is 16.6. The third-order valence-electron chi connectivity index (χ3n) is 4.63. The van der Waals surface area contributed by atoms with E-state index < -0.39 is 28.4 Å². The first-order valence-electron chi connectivity index (χ1n) is 9.08. The van der Waals surface area contributed by atoms with E-state index in [9.17, 15) is 28.1 Å². The summed E-state index contributed by atoms with van der Waals surface area (Å²) in [5.74, 6) is -0.536. The highest BCUT2D eigenvalue weighted by Gasteiger charge is 2.35. The van der Waals surface area contributed by atoms with Crippen LogP contribution in [-0.4, -0.2) is 22.9 Å². The number of nitrogens with one attached hydrogen (secondary N) is 1. The molecule has 0 aliphatic heterocycles. The summed E-state index contributed by atoms with van der Waals surface area (Å²) in [5.41, 5.74) is 4.27. The minimum Gasteiger partial charge on any atom is -0.496 e. The van der Waals surface area contributed by atoms with Crippen LogP contribution in [0.25, 0.3) is 21.5 Å². The molecule has 0 unspecified atom stereocenters. The van der Waals surface area contributed by atoms with E-state index in [1.54, 1.807) is 0 Å². The number of nitrogen functional groups attached to an aromatic ring is 1. The SMILES string of the molecule is COc1ccc(NC(=O)c2sc3nc(C(F)(F)F)cc(-c4ccco4)c3c2N)c([N+](=O)[O-])c1. The van der Waals surface area contributed by atoms with Crippen LogP contribution in [-0.2, 0) is 6.18 Å². The van der Waals surface area contributed by atoms with Crippen LogP contribution in [0.2, 0.25) is 0 Å². The van der Waals surface area contributed by atoms with Crippen LogP contribution >= 0.6 is 11.3 Å². The molecule has 0 spiro atoms. The number of fused-ring (bicyclic) bond motifs is 1. The van der Waals surface area contributed by atoms with Gasteiger partial charge in [-0.3, -0.25) is 14.9 Å². The second kappa shape index (κ2) is 8.09. The highest BCUT2D eigenvalue weighted by atomic mass is 32.1. The molecule has 1 aromatic carbocycles. The zero-order valence-corrected chi connectivity index (χ0v) is 17.4. The Hall–Kier alpha value is -4.13. The number of rotatable bonds is 5. The van der Waals surface area contributed by atoms with Crippen LogP contribution in [0.5, 0.6) is 5.75 Å². The fourth-order valence-electron chi connectivity index (χ4n) is 3.14. The van der Waals surface area contributed by atoms with Crippen molar-refractivity contribution in [2.45, 2.75) is 6.18 Å². The molecule has 0 atom stereocenters. The standard InChI is InChI=1S/C20H13F3N4O5S/c1-31-9-4-5-11(12(7-9)27(29)30)25-18(28)17-16(24)15-10(13-3-2-6-32-13)8-14(20(21,22)23)26-19(15)33-17/h2-8H,24H2,1H3,(H,25,28). The fraction of sp³-hybridized carbons (Fsp3) is 0.100. The summed E-state index contributed by atoms with van der Waals surface area (Å²) in [7, 11) is 1.33. The first-order chi connectivity index (χ1) is 15.6. The Morgan fingerprint density at radius 1 is 1.30 bits per heavy atom. The number of nitro groups is 1. The maximum absolute atomic E-state index is 13.4. The monoisotopic (exact) mass is 478 g/mol. The van der Waals surface area contributed by atoms with Gasteiger partial charge in [-0.25, -0.2) is 4.98 Å². The van der Waals surface area contributed by atoms with Gasteiger partial charge in [0.25, 0.3) is 11.6 Å². The second-order valence-corrected chi connectivity index (χ2v) is 7.65. The Bertz CT molecular complexity index is 1380. The predicted molar refractivity (Wildman–Crippen MR) is 114 cm³/mol. The normalized spacial score (nSPS) is 11.5. The van der Waals surface area contributed by atoms with Crippen molar-refractivity contribution in [3.8, 4) is 17.1 Å². The number of nitrogens with two attached hydrogens (primary N) is 1. The number of furan rings is 1. The summed E-state index contributed by atoms with van der Waals surface area (Å²) in [6, 6.07) is 7.53. The molecule has 3 aromatic heterocycles. The molecule has 0 radical (unpaired) electrons. The van der Waals surface area contributed by atoms with Gasteiger partial charge in [-0.1, -0.05) is 0 Å². The Balaban J connectivity index is 1.83. The summed E-state index contributed by atoms with van der Waals surface area (Å²) < 4.78 is 50.4. The number of hydrogen-bond donors (Lipinski definition) is 2. The molecule has 170 valence electrons. The van der Waals surface area contributed by atoms with E-state index in [1.807, 2.05) is 0 Å². The summed E-state index contributed by atoms with van der Waals surface area (Å²) in [5, 5.41) is 13.9. The second-order valence-electron chi connectivity index (χ2n) is 6.65. The van der Waals surface area contributed by atoms with E-state index in [-0.39, 0.29) is 43.5 Å². The van der Waals surface area contributed by atoms with Gasteiger partial charge in [0.15, 0.2) is 0 Å². The number of nitrogens with zero attached hydrogens (tertiary/aromatic N) is 2. The van der Waals surface area contributed by atoms with Crippen LogP contribution in [0.15, 0.2) is 47.1 Å². The molecule has 3 N–H and O–H groups in total. The molecule has 33 heavy (non-hydrogen) atoms. The van der Waals surface area contributed by atoms with E-state index in [0.29, 0.717) is 11.3 Å². The summed E-state index contributed by atoms with van der Waals surface area (Å²) >= 11 is 0.631. The van der Waals surface area contributed by atoms with Gasteiger partial charge in [0.2, 0.25) is 0 Å². The Kier molecular flexibility index (Phi) is 5.41. The van der Waals surface area contributed by atoms with Gasteiger partial charge in [-0.2, -0.15) is 13.2 Å². The number of thiophene rings is 1. The maximum atomic E-state index is 13.4. The molecular weight excluding hydrogens is 465 g/mol. The number of anilines is 2. The fourth-order valence-corrected chi connectivity index (χ4v) is 4.15. The number of aromatic nitrogens is 1. The van der Waals surface area contributed by atoms with Crippen molar-refractivity contribution in [2.24, 2.45) is 0 Å². The van der Waals surface area contributed by atoms with Gasteiger partial charge in [-0.05, 0) is 30.3 Å². The van der Waals surface area contributed by atoms with Crippen molar-refractivity contribution in [1.29, 1.82) is 0 Å². The number of methoxy groups -OCH3 is 1. The highest BCUT2D eigenvalue weighted by molar-refractivity contribution is 7.21. The first-order valence-corrected chi connectivity index (χ1v) is 9.89. The molecule has 0 aliphatic carbocycles. The molecule has 4 rings (SSSR count). The molecule has 0 saturated heterocycles. The Morgan fingerprint density at radius 3 is 2.67 bits per heavy atom. The van der Waals surface area contributed by atoms with Gasteiger partial charge in [0.1, 0.15) is 32.6 Å². The minimum atomic E-state index is -4.75. The van der Waals surface area contributed by atoms with Gasteiger partial charge in [0, 0.05) is 10.9 Å². The van der Waals surface area contributed by atoms with Crippen LogP contribution < -0.4 is 15.8 Å². The maximum Gasteiger partial charge on any atom is 0.433 e. The van der Waals surface area contributed by atoms with Crippen molar-refractivity contribution in [1.82, 2.24) is 4.98 Å². The first kappa shape index (κ1) is 22.1. The van der Waals surface area contributed by atoms with Crippen LogP contribution in [0.3, 0.4) is 0 Å². The summed E-state index contributed by atoms with van der Waals surface area (Å²) in [6.45, 7) is 0. The average Bonchev–Trinajstić information content (AvgIpc) is 3.41. The van der Waals surface area contributed by atoms with Crippen LogP contribution in [0.4, 0.5) is 30.2 Å². The zero-order chi connectivity index (χ0) is 23.9. The summed E-state index contributed by atoms with van der Waals surface area (Å²) in [6.07, 6.45) is -3.46. The van der Waals surface area contributed by atoms with Gasteiger partial charge in [0.05, 0.1) is 30.1 Å². The predicted octanol–water partition coefficient (Wildman–Crippen LogP) is 5.33. The van der Waals surface area contributed by atoms with Gasteiger partial charge >= 0.3 is 6.18 Å². The minimum absolute atomic E-state index is 0.0144. The lowest BCUT2D eigenvalue weighted by Gasteiger charge is -2.09. The largest absolute Gasteiger partial charge is 0.496 e. The number of amides is 1. The van der Waals surface area contributed by atoms with Crippen LogP contribution in [0, 0.1) is 10.1 Å². The van der Waals surface area contributed by atoms with Crippen molar-refractivity contribution in [3.63, 3.8) is 0 Å². The lowest BCUT2D eigenvalue weighted by Crippen LogP contribution is -2.13. The van der Waals surface area contributed by atoms with E-state index in [2.05, 4.69) is 10.3 Å². The highest BCUT2D eigenvalue weighted by Crippen LogP contribution is 2.43. The van der Waals surface area contributed by atoms with E-state index in [0.717, 1.165) is 12.1 Å². The number of carbonyl (C=O) groups is 1. The number of ether oxygens (including phenoxy) is 1. The molecule has 1 amide bonds. The number of benzene rings is 1. The lowest BCUT2D eigenvalue weighted by atomic mass is 10.1. The summed E-state index contributed by atoms with van der Waals surface area (Å²) in [4.78, 5) is 26.9. The number of alkyl halides is 3. The quantitative estimate of drug-likeness (QED) is 0.293. The third kappa shape index (κ3) is 4.05. The number of pyridine rings is 1. The van der Waals surface area contributed by atoms with Crippen molar-refractivity contribution >= 4 is 44.5 Å². The van der Waals surface area contributed by atoms with E-state index in [1.165, 1.54) is 37.6 Å². The molecule has 13 heteroatoms. The third-order valence-corrected chi connectivity index (χ3v) is 5.73. The molecule has 4 aromatic rings. The van der Waals surface area contributed by atoms with Crippen molar-refractivity contribution < 1.29 is 32.0 Å². The lowest BCUT2D eigenvalue weighted by molar-refractivity contribution is -0.384. The number of carbonyl (C=O) groups excluding carboxylic acids is 1. The Morgan fingerprint density at radius 2 is 2.06 bits per heavy atom. The van der Waals surface area contributed by atoms with Crippen molar-refractivity contribution in [2.75, 3.05) is 18.2 Å². The van der Waals surface area contributed by atoms with Crippen molar-refractivity contribution in [3.05, 3.63) is 63.3 Å². The number of halogens is 3. The van der Waals surface area contributed by atoms with E-state index >= 15 is 0 Å². The number of nitro benzene ring substituents is 1. The number of hydrogen-bond acceptors (Lipinski definition) is 8.